The molecule has 6 heteroatoms. The number of piperazine rings is 1. The number of aryl methyl sites for hydroxylation is 1. The molecule has 25 heavy (non-hydrogen) atoms. The highest BCUT2D eigenvalue weighted by molar-refractivity contribution is 5.85. The summed E-state index contributed by atoms with van der Waals surface area (Å²) in [6.07, 6.45) is 0. The molecule has 0 saturated carbocycles. The van der Waals surface area contributed by atoms with Gasteiger partial charge in [0.25, 0.3) is 0 Å². The van der Waals surface area contributed by atoms with Crippen LogP contribution in [-0.4, -0.2) is 66.9 Å². The number of hydrogen-bond acceptors (Lipinski definition) is 4. The molecule has 1 aromatic carbocycles. The SMILES string of the molecule is Cc1cccc(CN2CCN(CC(=O)NCC(=O)NC(C)C)CC2)c1. The van der Waals surface area contributed by atoms with Gasteiger partial charge in [0.05, 0.1) is 13.1 Å². The number of nitrogens with zero attached hydrogens (tertiary/aromatic N) is 2. The van der Waals surface area contributed by atoms with E-state index in [-0.39, 0.29) is 24.4 Å². The highest BCUT2D eigenvalue weighted by atomic mass is 16.2. The van der Waals surface area contributed by atoms with Gasteiger partial charge in [-0.05, 0) is 26.3 Å². The topological polar surface area (TPSA) is 64.7 Å². The Hall–Kier alpha value is -1.92. The average Bonchev–Trinajstić information content (AvgIpc) is 2.54. The summed E-state index contributed by atoms with van der Waals surface area (Å²) in [5, 5.41) is 5.45. The van der Waals surface area contributed by atoms with Crippen molar-refractivity contribution in [2.75, 3.05) is 39.3 Å². The summed E-state index contributed by atoms with van der Waals surface area (Å²) in [4.78, 5) is 28.1. The van der Waals surface area contributed by atoms with E-state index in [2.05, 4.69) is 51.6 Å². The van der Waals surface area contributed by atoms with Crippen molar-refractivity contribution in [3.05, 3.63) is 35.4 Å². The molecule has 1 fully saturated rings. The molecule has 1 aliphatic rings. The van der Waals surface area contributed by atoms with E-state index in [4.69, 9.17) is 0 Å². The van der Waals surface area contributed by atoms with E-state index in [0.717, 1.165) is 32.7 Å². The highest BCUT2D eigenvalue weighted by Crippen LogP contribution is 2.10. The van der Waals surface area contributed by atoms with Gasteiger partial charge in [0, 0.05) is 38.8 Å². The maximum Gasteiger partial charge on any atom is 0.239 e. The molecular formula is C19H30N4O2. The Morgan fingerprint density at radius 2 is 1.76 bits per heavy atom. The fourth-order valence-electron chi connectivity index (χ4n) is 2.99. The van der Waals surface area contributed by atoms with Gasteiger partial charge in [0.1, 0.15) is 0 Å². The molecule has 2 N–H and O–H groups in total. The molecule has 1 saturated heterocycles. The van der Waals surface area contributed by atoms with E-state index in [0.29, 0.717) is 6.54 Å². The largest absolute Gasteiger partial charge is 0.352 e. The predicted molar refractivity (Wildman–Crippen MR) is 99.2 cm³/mol. The molecule has 0 aromatic heterocycles. The van der Waals surface area contributed by atoms with E-state index in [1.165, 1.54) is 11.1 Å². The first kappa shape index (κ1) is 19.4. The van der Waals surface area contributed by atoms with Crippen LogP contribution < -0.4 is 10.6 Å². The monoisotopic (exact) mass is 346 g/mol. The van der Waals surface area contributed by atoms with Crippen LogP contribution in [-0.2, 0) is 16.1 Å². The molecular weight excluding hydrogens is 316 g/mol. The standard InChI is InChI=1S/C19H30N4O2/c1-15(2)21-18(24)12-20-19(25)14-23-9-7-22(8-10-23)13-17-6-4-5-16(3)11-17/h4-6,11,15H,7-10,12-14H2,1-3H3,(H,20,25)(H,21,24). The van der Waals surface area contributed by atoms with Crippen LogP contribution in [0.1, 0.15) is 25.0 Å². The lowest BCUT2D eigenvalue weighted by Crippen LogP contribution is -2.50. The summed E-state index contributed by atoms with van der Waals surface area (Å²) in [5.74, 6) is -0.239. The van der Waals surface area contributed by atoms with Crippen LogP contribution in [0.5, 0.6) is 0 Å². The number of rotatable bonds is 7. The molecule has 2 rings (SSSR count). The Morgan fingerprint density at radius 1 is 1.08 bits per heavy atom. The Balaban J connectivity index is 1.66. The molecule has 0 aliphatic carbocycles. The maximum atomic E-state index is 12.0. The number of hydrogen-bond donors (Lipinski definition) is 2. The third-order valence-electron chi connectivity index (χ3n) is 4.22. The normalized spacial score (nSPS) is 16.0. The molecule has 2 amide bonds. The molecule has 1 heterocycles. The Morgan fingerprint density at radius 3 is 2.40 bits per heavy atom. The van der Waals surface area contributed by atoms with Gasteiger partial charge in [-0.25, -0.2) is 0 Å². The first-order valence-electron chi connectivity index (χ1n) is 8.98. The van der Waals surface area contributed by atoms with Gasteiger partial charge >= 0.3 is 0 Å². The van der Waals surface area contributed by atoms with Gasteiger partial charge in [-0.2, -0.15) is 0 Å². The Labute approximate surface area is 150 Å². The van der Waals surface area contributed by atoms with E-state index < -0.39 is 0 Å². The van der Waals surface area contributed by atoms with Crippen LogP contribution in [0.2, 0.25) is 0 Å². The Bertz CT molecular complexity index is 581. The van der Waals surface area contributed by atoms with Crippen molar-refractivity contribution in [1.82, 2.24) is 20.4 Å². The van der Waals surface area contributed by atoms with Crippen LogP contribution in [0.4, 0.5) is 0 Å². The molecule has 1 aliphatic heterocycles. The average molecular weight is 346 g/mol. The number of amides is 2. The molecule has 0 radical (unpaired) electrons. The summed E-state index contributed by atoms with van der Waals surface area (Å²) < 4.78 is 0. The van der Waals surface area contributed by atoms with Crippen molar-refractivity contribution in [2.24, 2.45) is 0 Å². The lowest BCUT2D eigenvalue weighted by molar-refractivity contribution is -0.127. The van der Waals surface area contributed by atoms with E-state index in [9.17, 15) is 9.59 Å². The minimum atomic E-state index is -0.147. The predicted octanol–water partition coefficient (Wildman–Crippen LogP) is 0.753. The van der Waals surface area contributed by atoms with Crippen molar-refractivity contribution in [3.8, 4) is 0 Å². The summed E-state index contributed by atoms with van der Waals surface area (Å²) in [5.41, 5.74) is 2.62. The first-order chi connectivity index (χ1) is 11.9. The van der Waals surface area contributed by atoms with Gasteiger partial charge in [-0.1, -0.05) is 29.8 Å². The molecule has 6 nitrogen and oxygen atoms in total. The quantitative estimate of drug-likeness (QED) is 0.765. The number of carbonyl (C=O) groups excluding carboxylic acids is 2. The maximum absolute atomic E-state index is 12.0. The fourth-order valence-corrected chi connectivity index (χ4v) is 2.99. The summed E-state index contributed by atoms with van der Waals surface area (Å²) in [6.45, 7) is 10.9. The first-order valence-corrected chi connectivity index (χ1v) is 8.98. The molecule has 0 unspecified atom stereocenters. The second-order valence-corrected chi connectivity index (χ2v) is 7.04. The van der Waals surface area contributed by atoms with Crippen LogP contribution in [0.3, 0.4) is 0 Å². The molecule has 0 atom stereocenters. The minimum absolute atomic E-state index is 0.0460. The van der Waals surface area contributed by atoms with Crippen LogP contribution in [0.25, 0.3) is 0 Å². The zero-order chi connectivity index (χ0) is 18.2. The zero-order valence-corrected chi connectivity index (χ0v) is 15.5. The lowest BCUT2D eigenvalue weighted by atomic mass is 10.1. The minimum Gasteiger partial charge on any atom is -0.352 e. The summed E-state index contributed by atoms with van der Waals surface area (Å²) in [6, 6.07) is 8.69. The van der Waals surface area contributed by atoms with Crippen molar-refractivity contribution in [3.63, 3.8) is 0 Å². The van der Waals surface area contributed by atoms with Gasteiger partial charge < -0.3 is 10.6 Å². The third-order valence-corrected chi connectivity index (χ3v) is 4.22. The molecule has 1 aromatic rings. The lowest BCUT2D eigenvalue weighted by Gasteiger charge is -2.34. The second-order valence-electron chi connectivity index (χ2n) is 7.04. The van der Waals surface area contributed by atoms with E-state index >= 15 is 0 Å². The van der Waals surface area contributed by atoms with Gasteiger partial charge in [-0.15, -0.1) is 0 Å². The zero-order valence-electron chi connectivity index (χ0n) is 15.5. The van der Waals surface area contributed by atoms with Crippen molar-refractivity contribution in [1.29, 1.82) is 0 Å². The molecule has 0 bridgehead atoms. The highest BCUT2D eigenvalue weighted by Gasteiger charge is 2.19. The van der Waals surface area contributed by atoms with E-state index in [1.54, 1.807) is 0 Å². The second kappa shape index (κ2) is 9.53. The molecule has 138 valence electrons. The number of benzene rings is 1. The van der Waals surface area contributed by atoms with Crippen molar-refractivity contribution in [2.45, 2.75) is 33.4 Å². The van der Waals surface area contributed by atoms with Crippen molar-refractivity contribution >= 4 is 11.8 Å². The van der Waals surface area contributed by atoms with Crippen LogP contribution in [0.15, 0.2) is 24.3 Å². The van der Waals surface area contributed by atoms with Gasteiger partial charge in [0.2, 0.25) is 11.8 Å². The third kappa shape index (κ3) is 7.23. The number of nitrogens with one attached hydrogen (secondary N) is 2. The fraction of sp³-hybridized carbons (Fsp3) is 0.579. The van der Waals surface area contributed by atoms with E-state index in [1.807, 2.05) is 13.8 Å². The van der Waals surface area contributed by atoms with Gasteiger partial charge in [0.15, 0.2) is 0 Å². The number of carbonyl (C=O) groups is 2. The Kier molecular flexibility index (Phi) is 7.40. The summed E-state index contributed by atoms with van der Waals surface area (Å²) >= 11 is 0. The van der Waals surface area contributed by atoms with Crippen molar-refractivity contribution < 1.29 is 9.59 Å². The van der Waals surface area contributed by atoms with Crippen LogP contribution >= 0.6 is 0 Å². The smallest absolute Gasteiger partial charge is 0.239 e. The summed E-state index contributed by atoms with van der Waals surface area (Å²) in [7, 11) is 0. The van der Waals surface area contributed by atoms with Gasteiger partial charge in [-0.3, -0.25) is 19.4 Å². The van der Waals surface area contributed by atoms with Crippen LogP contribution in [0, 0.1) is 6.92 Å². The molecule has 0 spiro atoms.